The molecule has 4 rings (SSSR count). The molecule has 2 aromatic rings. The summed E-state index contributed by atoms with van der Waals surface area (Å²) in [6.45, 7) is 6.00. The number of aliphatic hydroxyl groups excluding tert-OH is 1. The zero-order chi connectivity index (χ0) is 24.1. The summed E-state index contributed by atoms with van der Waals surface area (Å²) in [5, 5.41) is 16.2. The van der Waals surface area contributed by atoms with Crippen LogP contribution in [0.1, 0.15) is 58.4 Å². The van der Waals surface area contributed by atoms with Gasteiger partial charge in [0.25, 0.3) is 5.56 Å². The Morgan fingerprint density at radius 1 is 1.18 bits per heavy atom. The highest BCUT2D eigenvalue weighted by atomic mass is 79.9. The molecule has 1 aliphatic carbocycles. The molecule has 1 fully saturated rings. The molecule has 0 amide bonds. The van der Waals surface area contributed by atoms with Crippen LogP contribution in [-0.2, 0) is 0 Å². The smallest absolute Gasteiger partial charge is 0.274 e. The summed E-state index contributed by atoms with van der Waals surface area (Å²) < 4.78 is 2.47. The van der Waals surface area contributed by atoms with Gasteiger partial charge in [-0.05, 0) is 78.7 Å². The van der Waals surface area contributed by atoms with Gasteiger partial charge >= 0.3 is 0 Å². The minimum absolute atomic E-state index is 0.0610. The molecule has 0 aromatic carbocycles. The Kier molecular flexibility index (Phi) is 8.05. The normalized spacial score (nSPS) is 16.9. The fourth-order valence-electron chi connectivity index (χ4n) is 4.51. The maximum atomic E-state index is 13.0. The van der Waals surface area contributed by atoms with Crippen LogP contribution in [-0.4, -0.2) is 43.7 Å². The molecule has 1 aliphatic heterocycles. The number of hydrogen-bond acceptors (Lipinski definition) is 7. The maximum absolute atomic E-state index is 13.0. The number of anilines is 3. The second kappa shape index (κ2) is 11.2. The van der Waals surface area contributed by atoms with Crippen molar-refractivity contribution < 1.29 is 5.11 Å². The molecule has 2 aromatic heterocycles. The van der Waals surface area contributed by atoms with Crippen LogP contribution in [0.15, 0.2) is 57.3 Å². The standard InChI is InChI=1S/C25H33BrN6O2/c1-3-18(4-2)32-13-5-6-22(24(32)34)29-23-21(26)16-27-25(30-23)28-17-7-9-19(10-8-17)31-14-11-20(33)12-15-31/h5-7,9,13,16,18,20,33H,3-4,8,10-12,14-15H2,1-2H3,(H2,27,28,29,30). The van der Waals surface area contributed by atoms with Gasteiger partial charge in [0.1, 0.15) is 5.69 Å². The number of nitrogens with one attached hydrogen (secondary N) is 2. The van der Waals surface area contributed by atoms with E-state index in [1.165, 1.54) is 5.70 Å². The minimum Gasteiger partial charge on any atom is -0.393 e. The molecule has 2 aliphatic rings. The highest BCUT2D eigenvalue weighted by Gasteiger charge is 2.20. The molecule has 0 atom stereocenters. The van der Waals surface area contributed by atoms with Crippen molar-refractivity contribution in [2.24, 2.45) is 0 Å². The van der Waals surface area contributed by atoms with E-state index in [-0.39, 0.29) is 17.7 Å². The van der Waals surface area contributed by atoms with Gasteiger partial charge in [-0.1, -0.05) is 13.8 Å². The molecule has 0 spiro atoms. The minimum atomic E-state index is -0.163. The van der Waals surface area contributed by atoms with Crippen LogP contribution >= 0.6 is 15.9 Å². The first kappa shape index (κ1) is 24.5. The van der Waals surface area contributed by atoms with Crippen LogP contribution in [0.2, 0.25) is 0 Å². The van der Waals surface area contributed by atoms with E-state index in [9.17, 15) is 9.90 Å². The largest absolute Gasteiger partial charge is 0.393 e. The van der Waals surface area contributed by atoms with E-state index < -0.39 is 0 Å². The third kappa shape index (κ3) is 5.70. The SMILES string of the molecule is CCC(CC)n1cccc(Nc2nc(NC3=CC=C(N4CCC(O)CC4)CC3)ncc2Br)c1=O. The first-order valence-electron chi connectivity index (χ1n) is 12.1. The van der Waals surface area contributed by atoms with Crippen molar-refractivity contribution in [1.82, 2.24) is 19.4 Å². The molecule has 0 saturated carbocycles. The Bertz CT molecular complexity index is 1120. The Balaban J connectivity index is 1.47. The quantitative estimate of drug-likeness (QED) is 0.446. The molecule has 34 heavy (non-hydrogen) atoms. The lowest BCUT2D eigenvalue weighted by Crippen LogP contribution is -2.35. The molecule has 1 saturated heterocycles. The molecule has 9 heteroatoms. The molecule has 182 valence electrons. The second-order valence-corrected chi connectivity index (χ2v) is 9.67. The van der Waals surface area contributed by atoms with E-state index in [2.05, 4.69) is 67.4 Å². The summed E-state index contributed by atoms with van der Waals surface area (Å²) in [4.78, 5) is 24.4. The molecular formula is C25H33BrN6O2. The van der Waals surface area contributed by atoms with Crippen molar-refractivity contribution in [3.05, 3.63) is 62.9 Å². The van der Waals surface area contributed by atoms with E-state index >= 15 is 0 Å². The van der Waals surface area contributed by atoms with E-state index in [4.69, 9.17) is 0 Å². The van der Waals surface area contributed by atoms with E-state index in [0.29, 0.717) is 21.9 Å². The maximum Gasteiger partial charge on any atom is 0.274 e. The van der Waals surface area contributed by atoms with Gasteiger partial charge in [0.15, 0.2) is 5.82 Å². The van der Waals surface area contributed by atoms with Gasteiger partial charge in [0.05, 0.1) is 10.6 Å². The van der Waals surface area contributed by atoms with Crippen LogP contribution in [0.25, 0.3) is 0 Å². The summed E-state index contributed by atoms with van der Waals surface area (Å²) in [5.41, 5.74) is 2.78. The number of likely N-dealkylation sites (tertiary alicyclic amines) is 1. The third-order valence-electron chi connectivity index (χ3n) is 6.58. The van der Waals surface area contributed by atoms with Crippen LogP contribution < -0.4 is 16.2 Å². The Morgan fingerprint density at radius 3 is 2.62 bits per heavy atom. The van der Waals surface area contributed by atoms with Gasteiger partial charge in [-0.2, -0.15) is 4.98 Å². The first-order valence-corrected chi connectivity index (χ1v) is 12.9. The fourth-order valence-corrected chi connectivity index (χ4v) is 4.80. The number of nitrogens with zero attached hydrogens (tertiary/aromatic N) is 4. The van der Waals surface area contributed by atoms with Crippen molar-refractivity contribution in [2.45, 2.75) is 64.5 Å². The lowest BCUT2D eigenvalue weighted by molar-refractivity contribution is 0.0955. The van der Waals surface area contributed by atoms with Crippen molar-refractivity contribution in [2.75, 3.05) is 23.7 Å². The monoisotopic (exact) mass is 528 g/mol. The van der Waals surface area contributed by atoms with Crippen molar-refractivity contribution in [1.29, 1.82) is 0 Å². The average molecular weight is 529 g/mol. The summed E-state index contributed by atoms with van der Waals surface area (Å²) in [6.07, 6.45) is 12.9. The average Bonchev–Trinajstić information content (AvgIpc) is 2.85. The summed E-state index contributed by atoms with van der Waals surface area (Å²) in [7, 11) is 0. The molecular weight excluding hydrogens is 496 g/mol. The van der Waals surface area contributed by atoms with Gasteiger partial charge in [-0.25, -0.2) is 4.98 Å². The Labute approximate surface area is 208 Å². The lowest BCUT2D eigenvalue weighted by Gasteiger charge is -2.34. The van der Waals surface area contributed by atoms with Crippen molar-refractivity contribution >= 4 is 33.4 Å². The zero-order valence-corrected chi connectivity index (χ0v) is 21.4. The molecule has 0 radical (unpaired) electrons. The van der Waals surface area contributed by atoms with Crippen LogP contribution in [0, 0.1) is 0 Å². The van der Waals surface area contributed by atoms with E-state index in [1.54, 1.807) is 16.8 Å². The number of piperidine rings is 1. The number of pyridine rings is 1. The highest BCUT2D eigenvalue weighted by Crippen LogP contribution is 2.27. The Hall–Kier alpha value is -2.65. The predicted molar refractivity (Wildman–Crippen MR) is 139 cm³/mol. The summed E-state index contributed by atoms with van der Waals surface area (Å²) in [6, 6.07) is 3.83. The molecule has 0 bridgehead atoms. The molecule has 0 unspecified atom stereocenters. The lowest BCUT2D eigenvalue weighted by atomic mass is 10.0. The van der Waals surface area contributed by atoms with Gasteiger partial charge in [-0.15, -0.1) is 0 Å². The van der Waals surface area contributed by atoms with Crippen LogP contribution in [0.5, 0.6) is 0 Å². The van der Waals surface area contributed by atoms with Gasteiger partial charge in [0, 0.05) is 42.9 Å². The van der Waals surface area contributed by atoms with Gasteiger partial charge in [0.2, 0.25) is 5.95 Å². The van der Waals surface area contributed by atoms with Gasteiger partial charge < -0.3 is 25.2 Å². The molecule has 8 nitrogen and oxygen atoms in total. The zero-order valence-electron chi connectivity index (χ0n) is 19.8. The highest BCUT2D eigenvalue weighted by molar-refractivity contribution is 9.10. The van der Waals surface area contributed by atoms with Crippen molar-refractivity contribution in [3.63, 3.8) is 0 Å². The number of allylic oxidation sites excluding steroid dienone is 4. The molecule has 3 N–H and O–H groups in total. The number of aliphatic hydroxyl groups is 1. The van der Waals surface area contributed by atoms with Crippen LogP contribution in [0.3, 0.4) is 0 Å². The first-order chi connectivity index (χ1) is 16.5. The molecule has 3 heterocycles. The van der Waals surface area contributed by atoms with E-state index in [1.807, 2.05) is 12.3 Å². The third-order valence-corrected chi connectivity index (χ3v) is 7.16. The number of aromatic nitrogens is 3. The number of hydrogen-bond donors (Lipinski definition) is 3. The predicted octanol–water partition coefficient (Wildman–Crippen LogP) is 4.94. The van der Waals surface area contributed by atoms with E-state index in [0.717, 1.165) is 57.3 Å². The number of halogens is 1. The number of rotatable bonds is 8. The topological polar surface area (TPSA) is 95.3 Å². The summed E-state index contributed by atoms with van der Waals surface area (Å²) in [5.74, 6) is 1.02. The van der Waals surface area contributed by atoms with Crippen LogP contribution in [0.4, 0.5) is 17.5 Å². The van der Waals surface area contributed by atoms with Crippen molar-refractivity contribution in [3.8, 4) is 0 Å². The second-order valence-electron chi connectivity index (χ2n) is 8.81. The Morgan fingerprint density at radius 2 is 1.94 bits per heavy atom. The van der Waals surface area contributed by atoms with Gasteiger partial charge in [-0.3, -0.25) is 4.79 Å². The summed E-state index contributed by atoms with van der Waals surface area (Å²) >= 11 is 3.50. The fraction of sp³-hybridized carbons (Fsp3) is 0.480.